The van der Waals surface area contributed by atoms with Crippen LogP contribution in [0.15, 0.2) is 11.6 Å². The van der Waals surface area contributed by atoms with E-state index in [4.69, 9.17) is 14.2 Å². The van der Waals surface area contributed by atoms with Gasteiger partial charge in [-0.15, -0.1) is 0 Å². The highest BCUT2D eigenvalue weighted by atomic mass is 16.6. The molecule has 9 atom stereocenters. The number of hydrogen-bond donors (Lipinski definition) is 1. The number of hydrogen-bond acceptors (Lipinski definition) is 7. The zero-order chi connectivity index (χ0) is 22.0. The Morgan fingerprint density at radius 2 is 1.97 bits per heavy atom. The molecule has 6 aliphatic rings. The number of esters is 2. The van der Waals surface area contributed by atoms with Crippen LogP contribution < -0.4 is 0 Å². The van der Waals surface area contributed by atoms with Crippen molar-refractivity contribution in [3.8, 4) is 0 Å². The molecule has 168 valence electrons. The van der Waals surface area contributed by atoms with Crippen LogP contribution in [0.4, 0.5) is 0 Å². The van der Waals surface area contributed by atoms with E-state index in [9.17, 15) is 19.5 Å². The van der Waals surface area contributed by atoms with Gasteiger partial charge >= 0.3 is 11.9 Å². The molecule has 1 unspecified atom stereocenters. The molecule has 7 nitrogen and oxygen atoms in total. The monoisotopic (exact) mass is 430 g/mol. The summed E-state index contributed by atoms with van der Waals surface area (Å²) in [7, 11) is 1.35. The van der Waals surface area contributed by atoms with E-state index in [1.807, 2.05) is 0 Å². The molecule has 6 rings (SSSR count). The predicted octanol–water partition coefficient (Wildman–Crippen LogP) is 2.10. The third-order valence-electron chi connectivity index (χ3n) is 10.3. The average molecular weight is 430 g/mol. The molecular weight excluding hydrogens is 400 g/mol. The Labute approximate surface area is 181 Å². The van der Waals surface area contributed by atoms with Gasteiger partial charge in [0.05, 0.1) is 25.2 Å². The van der Waals surface area contributed by atoms with Crippen molar-refractivity contribution in [3.05, 3.63) is 11.6 Å². The highest BCUT2D eigenvalue weighted by Gasteiger charge is 2.84. The summed E-state index contributed by atoms with van der Waals surface area (Å²) >= 11 is 0. The second-order valence-corrected chi connectivity index (χ2v) is 11.1. The lowest BCUT2D eigenvalue weighted by Crippen LogP contribution is -2.66. The maximum atomic E-state index is 13.1. The fourth-order valence-corrected chi connectivity index (χ4v) is 8.74. The van der Waals surface area contributed by atoms with Crippen molar-refractivity contribution in [2.75, 3.05) is 7.11 Å². The Kier molecular flexibility index (Phi) is 3.72. The van der Waals surface area contributed by atoms with Crippen molar-refractivity contribution in [1.82, 2.24) is 0 Å². The first kappa shape index (κ1) is 19.9. The van der Waals surface area contributed by atoms with E-state index in [2.05, 4.69) is 13.8 Å². The van der Waals surface area contributed by atoms with Gasteiger partial charge in [-0.2, -0.15) is 0 Å². The Balaban J connectivity index is 1.52. The van der Waals surface area contributed by atoms with Gasteiger partial charge in [0.15, 0.2) is 5.78 Å². The van der Waals surface area contributed by atoms with Gasteiger partial charge in [0.25, 0.3) is 0 Å². The van der Waals surface area contributed by atoms with Crippen LogP contribution in [-0.4, -0.2) is 53.3 Å². The smallest absolute Gasteiger partial charge is 0.312 e. The summed E-state index contributed by atoms with van der Waals surface area (Å²) in [6, 6.07) is 0. The fraction of sp³-hybridized carbons (Fsp3) is 0.792. The van der Waals surface area contributed by atoms with Gasteiger partial charge in [-0.25, -0.2) is 0 Å². The van der Waals surface area contributed by atoms with Gasteiger partial charge in [0, 0.05) is 29.6 Å². The van der Waals surface area contributed by atoms with Gasteiger partial charge in [0.1, 0.15) is 11.2 Å². The second kappa shape index (κ2) is 5.79. The van der Waals surface area contributed by atoms with Crippen LogP contribution in [0.3, 0.4) is 0 Å². The fourth-order valence-electron chi connectivity index (χ4n) is 8.74. The number of fused-ring (bicyclic) bond motifs is 4. The third kappa shape index (κ3) is 2.06. The highest BCUT2D eigenvalue weighted by Crippen LogP contribution is 2.78. The Bertz CT molecular complexity index is 940. The number of aliphatic hydroxyl groups is 1. The number of carbonyl (C=O) groups excluding carboxylic acids is 3. The molecule has 3 saturated carbocycles. The molecule has 0 aromatic carbocycles. The molecule has 2 heterocycles. The number of aliphatic hydroxyl groups excluding tert-OH is 1. The van der Waals surface area contributed by atoms with Crippen molar-refractivity contribution in [2.24, 2.45) is 28.6 Å². The van der Waals surface area contributed by atoms with E-state index >= 15 is 0 Å². The lowest BCUT2D eigenvalue weighted by atomic mass is 9.43. The van der Waals surface area contributed by atoms with Gasteiger partial charge in [-0.1, -0.05) is 13.8 Å². The van der Waals surface area contributed by atoms with E-state index in [1.54, 1.807) is 6.08 Å². The minimum atomic E-state index is -1.08. The summed E-state index contributed by atoms with van der Waals surface area (Å²) in [4.78, 5) is 37.5. The van der Waals surface area contributed by atoms with Crippen LogP contribution in [0.2, 0.25) is 0 Å². The maximum Gasteiger partial charge on any atom is 0.312 e. The Hall–Kier alpha value is -1.73. The molecule has 0 amide bonds. The molecule has 2 aliphatic heterocycles. The highest BCUT2D eigenvalue weighted by molar-refractivity contribution is 5.92. The first-order valence-electron chi connectivity index (χ1n) is 11.5. The van der Waals surface area contributed by atoms with Gasteiger partial charge in [0.2, 0.25) is 0 Å². The van der Waals surface area contributed by atoms with Crippen molar-refractivity contribution in [3.63, 3.8) is 0 Å². The molecule has 2 spiro atoms. The van der Waals surface area contributed by atoms with Crippen molar-refractivity contribution < 1.29 is 33.7 Å². The van der Waals surface area contributed by atoms with Crippen molar-refractivity contribution in [2.45, 2.75) is 82.2 Å². The average Bonchev–Trinajstić information content (AvgIpc) is 3.23. The van der Waals surface area contributed by atoms with E-state index in [0.717, 1.165) is 19.3 Å². The van der Waals surface area contributed by atoms with Gasteiger partial charge in [-0.3, -0.25) is 14.4 Å². The molecule has 7 heteroatoms. The molecule has 1 N–H and O–H groups in total. The van der Waals surface area contributed by atoms with Crippen LogP contribution >= 0.6 is 0 Å². The van der Waals surface area contributed by atoms with Crippen LogP contribution in [0.1, 0.15) is 58.8 Å². The number of epoxide rings is 1. The number of ether oxygens (including phenoxy) is 3. The first-order chi connectivity index (χ1) is 14.6. The summed E-state index contributed by atoms with van der Waals surface area (Å²) in [5.41, 5.74) is -1.29. The molecule has 0 aromatic rings. The van der Waals surface area contributed by atoms with Crippen LogP contribution in [-0.2, 0) is 28.6 Å². The first-order valence-corrected chi connectivity index (χ1v) is 11.5. The topological polar surface area (TPSA) is 102 Å². The summed E-state index contributed by atoms with van der Waals surface area (Å²) in [5.74, 6) is -1.59. The number of carbonyl (C=O) groups is 3. The van der Waals surface area contributed by atoms with Gasteiger partial charge < -0.3 is 19.3 Å². The SMILES string of the molecule is COC(=O)[C@@H]1C(O)C2=CC(=O)CC[C@]2(C)[C@@]23O[C@@H]2C[C@@]2(C)[C@@H](CC[C@@]24CCC(=O)O4)[C@H]13. The normalized spacial score (nSPS) is 54.3. The lowest BCUT2D eigenvalue weighted by Gasteiger charge is -2.59. The largest absolute Gasteiger partial charge is 0.469 e. The minimum Gasteiger partial charge on any atom is -0.469 e. The minimum absolute atomic E-state index is 0.0134. The van der Waals surface area contributed by atoms with Crippen LogP contribution in [0, 0.1) is 28.6 Å². The summed E-state index contributed by atoms with van der Waals surface area (Å²) < 4.78 is 17.7. The zero-order valence-corrected chi connectivity index (χ0v) is 18.3. The Morgan fingerprint density at radius 1 is 1.19 bits per heavy atom. The molecule has 0 bridgehead atoms. The van der Waals surface area contributed by atoms with Crippen molar-refractivity contribution >= 4 is 17.7 Å². The number of methoxy groups -OCH3 is 1. The second-order valence-electron chi connectivity index (χ2n) is 11.1. The lowest BCUT2D eigenvalue weighted by molar-refractivity contribution is -0.179. The van der Waals surface area contributed by atoms with Crippen LogP contribution in [0.25, 0.3) is 0 Å². The third-order valence-corrected chi connectivity index (χ3v) is 10.3. The van der Waals surface area contributed by atoms with E-state index in [0.29, 0.717) is 31.3 Å². The molecule has 0 radical (unpaired) electrons. The predicted molar refractivity (Wildman–Crippen MR) is 107 cm³/mol. The number of ketones is 1. The molecule has 4 aliphatic carbocycles. The van der Waals surface area contributed by atoms with Gasteiger partial charge in [-0.05, 0) is 49.7 Å². The van der Waals surface area contributed by atoms with Crippen molar-refractivity contribution in [1.29, 1.82) is 0 Å². The zero-order valence-electron chi connectivity index (χ0n) is 18.3. The summed E-state index contributed by atoms with van der Waals surface area (Å²) in [6.45, 7) is 4.28. The molecular formula is C24H30O7. The van der Waals surface area contributed by atoms with E-state index < -0.39 is 34.6 Å². The Morgan fingerprint density at radius 3 is 2.65 bits per heavy atom. The molecule has 5 fully saturated rings. The molecule has 0 aromatic heterocycles. The molecule has 2 saturated heterocycles. The standard InChI is InChI=1S/C24H30O7/c1-21-7-4-12(25)10-14(21)19(27)17(20(28)29-3)18-13-5-8-23(9-6-16(26)31-23)22(13,2)11-15-24(18,21)30-15/h10,13,15,17-19,27H,4-9,11H2,1-3H3/t13-,15+,17-,18+,19?,21-,22-,23+,24+/m0/s1. The number of rotatable bonds is 1. The van der Waals surface area contributed by atoms with E-state index in [-0.39, 0.29) is 35.1 Å². The summed E-state index contributed by atoms with van der Waals surface area (Å²) in [6.07, 6.45) is 4.91. The quantitative estimate of drug-likeness (QED) is 0.502. The summed E-state index contributed by atoms with van der Waals surface area (Å²) in [5, 5.41) is 11.5. The van der Waals surface area contributed by atoms with E-state index in [1.165, 1.54) is 7.11 Å². The van der Waals surface area contributed by atoms with Crippen LogP contribution in [0.5, 0.6) is 0 Å². The molecule has 31 heavy (non-hydrogen) atoms. The maximum absolute atomic E-state index is 13.1.